The van der Waals surface area contributed by atoms with Crippen molar-refractivity contribution in [2.45, 2.75) is 0 Å². The molecule has 0 saturated carbocycles. The van der Waals surface area contributed by atoms with Crippen LogP contribution in [-0.2, 0) is 0 Å². The molecule has 1 nitrogen and oxygen atoms in total. The van der Waals surface area contributed by atoms with Crippen molar-refractivity contribution in [2.75, 3.05) is 4.90 Å². The minimum atomic E-state index is 1.10. The molecule has 0 N–H and O–H groups in total. The number of rotatable bonds is 7. The predicted octanol–water partition coefficient (Wildman–Crippen LogP) is 16.4. The van der Waals surface area contributed by atoms with Crippen LogP contribution in [-0.4, -0.2) is 0 Å². The lowest BCUT2D eigenvalue weighted by molar-refractivity contribution is 1.28. The molecule has 0 unspecified atom stereocenters. The number of benzene rings is 11. The van der Waals surface area contributed by atoms with E-state index in [4.69, 9.17) is 0 Å². The molecule has 0 aliphatic heterocycles. The summed E-state index contributed by atoms with van der Waals surface area (Å²) in [6.45, 7) is 0. The zero-order valence-corrected chi connectivity index (χ0v) is 32.5. The molecule has 0 bridgehead atoms. The zero-order valence-electron chi connectivity index (χ0n) is 32.5. The Hall–Kier alpha value is -7.74. The minimum Gasteiger partial charge on any atom is -0.311 e. The molecule has 0 spiro atoms. The summed E-state index contributed by atoms with van der Waals surface area (Å²) in [6, 6.07) is 86.2. The van der Waals surface area contributed by atoms with Gasteiger partial charge in [0, 0.05) is 17.1 Å². The van der Waals surface area contributed by atoms with Crippen LogP contribution in [0.2, 0.25) is 0 Å². The molecule has 59 heavy (non-hydrogen) atoms. The molecule has 11 aromatic carbocycles. The second-order valence-electron chi connectivity index (χ2n) is 15.3. The first-order valence-corrected chi connectivity index (χ1v) is 20.3. The average molecular weight is 750 g/mol. The van der Waals surface area contributed by atoms with Crippen LogP contribution in [0.4, 0.5) is 17.1 Å². The van der Waals surface area contributed by atoms with Gasteiger partial charge in [-0.3, -0.25) is 0 Å². The standard InChI is InChI=1S/C58H39N/c1-2-10-42(11-3-1)53-16-8-9-17-56(53)45-26-34-52(35-27-45)59(50-30-22-40(23-31-50)46-28-36-57-48(38-46)20-18-43-12-4-6-14-54(43)57)51-32-24-41(25-33-51)47-29-37-58-49(39-47)21-19-44-13-5-7-15-55(44)58/h1-39H. The molecule has 0 fully saturated rings. The highest BCUT2D eigenvalue weighted by molar-refractivity contribution is 6.09. The van der Waals surface area contributed by atoms with Crippen LogP contribution in [0.25, 0.3) is 87.6 Å². The molecule has 11 aromatic rings. The van der Waals surface area contributed by atoms with Crippen LogP contribution in [0.15, 0.2) is 237 Å². The van der Waals surface area contributed by atoms with E-state index in [9.17, 15) is 0 Å². The van der Waals surface area contributed by atoms with E-state index >= 15 is 0 Å². The molecule has 0 aliphatic rings. The van der Waals surface area contributed by atoms with E-state index in [1.165, 1.54) is 87.6 Å². The van der Waals surface area contributed by atoms with Crippen molar-refractivity contribution >= 4 is 60.2 Å². The molecule has 0 saturated heterocycles. The summed E-state index contributed by atoms with van der Waals surface area (Å²) in [5.74, 6) is 0. The van der Waals surface area contributed by atoms with E-state index in [2.05, 4.69) is 241 Å². The van der Waals surface area contributed by atoms with E-state index < -0.39 is 0 Å². The van der Waals surface area contributed by atoms with Gasteiger partial charge in [-0.15, -0.1) is 0 Å². The highest BCUT2D eigenvalue weighted by Crippen LogP contribution is 2.40. The molecule has 0 heterocycles. The summed E-state index contributed by atoms with van der Waals surface area (Å²) in [5, 5.41) is 10.2. The van der Waals surface area contributed by atoms with Crippen LogP contribution in [0.3, 0.4) is 0 Å². The Balaban J connectivity index is 0.964. The summed E-state index contributed by atoms with van der Waals surface area (Å²) in [6.07, 6.45) is 0. The predicted molar refractivity (Wildman–Crippen MR) is 253 cm³/mol. The lowest BCUT2D eigenvalue weighted by Gasteiger charge is -2.26. The summed E-state index contributed by atoms with van der Waals surface area (Å²) in [7, 11) is 0. The Morgan fingerprint density at radius 3 is 1.02 bits per heavy atom. The number of hydrogen-bond donors (Lipinski definition) is 0. The van der Waals surface area contributed by atoms with Gasteiger partial charge in [0.2, 0.25) is 0 Å². The van der Waals surface area contributed by atoms with Gasteiger partial charge < -0.3 is 4.90 Å². The van der Waals surface area contributed by atoms with Crippen LogP contribution in [0.1, 0.15) is 0 Å². The number of hydrogen-bond acceptors (Lipinski definition) is 1. The second kappa shape index (κ2) is 14.6. The lowest BCUT2D eigenvalue weighted by atomic mass is 9.94. The molecule has 276 valence electrons. The normalized spacial score (nSPS) is 11.4. The Morgan fingerprint density at radius 1 is 0.203 bits per heavy atom. The third-order valence-corrected chi connectivity index (χ3v) is 11.9. The van der Waals surface area contributed by atoms with Gasteiger partial charge >= 0.3 is 0 Å². The van der Waals surface area contributed by atoms with Crippen LogP contribution in [0, 0.1) is 0 Å². The summed E-state index contributed by atoms with van der Waals surface area (Å²) >= 11 is 0. The highest BCUT2D eigenvalue weighted by atomic mass is 15.1. The number of anilines is 3. The monoisotopic (exact) mass is 749 g/mol. The van der Waals surface area contributed by atoms with Crippen molar-refractivity contribution < 1.29 is 0 Å². The van der Waals surface area contributed by atoms with Gasteiger partial charge in [0.1, 0.15) is 0 Å². The third-order valence-electron chi connectivity index (χ3n) is 11.9. The summed E-state index contributed by atoms with van der Waals surface area (Å²) in [4.78, 5) is 2.36. The van der Waals surface area contributed by atoms with Crippen LogP contribution < -0.4 is 4.90 Å². The number of nitrogens with zero attached hydrogens (tertiary/aromatic N) is 1. The summed E-state index contributed by atoms with van der Waals surface area (Å²) < 4.78 is 0. The topological polar surface area (TPSA) is 3.24 Å². The van der Waals surface area contributed by atoms with Crippen molar-refractivity contribution in [1.82, 2.24) is 0 Å². The maximum absolute atomic E-state index is 2.36. The molecule has 0 aliphatic carbocycles. The van der Waals surface area contributed by atoms with Gasteiger partial charge in [0.05, 0.1) is 0 Å². The maximum Gasteiger partial charge on any atom is 0.0462 e. The highest BCUT2D eigenvalue weighted by Gasteiger charge is 2.15. The van der Waals surface area contributed by atoms with Crippen molar-refractivity contribution in [3.8, 4) is 44.5 Å². The Labute approximate surface area is 344 Å². The Kier molecular flexibility index (Phi) is 8.56. The van der Waals surface area contributed by atoms with Gasteiger partial charge in [-0.1, -0.05) is 188 Å². The minimum absolute atomic E-state index is 1.10. The Morgan fingerprint density at radius 2 is 0.542 bits per heavy atom. The van der Waals surface area contributed by atoms with Crippen LogP contribution in [0.5, 0.6) is 0 Å². The van der Waals surface area contributed by atoms with Gasteiger partial charge in [-0.2, -0.15) is 0 Å². The van der Waals surface area contributed by atoms with Gasteiger partial charge in [-0.05, 0) is 136 Å². The molecule has 0 amide bonds. The molecular formula is C58H39N. The molecular weight excluding hydrogens is 711 g/mol. The molecule has 0 atom stereocenters. The largest absolute Gasteiger partial charge is 0.311 e. The fourth-order valence-electron chi connectivity index (χ4n) is 8.83. The van der Waals surface area contributed by atoms with Crippen molar-refractivity contribution in [3.63, 3.8) is 0 Å². The zero-order chi connectivity index (χ0) is 39.1. The van der Waals surface area contributed by atoms with Crippen molar-refractivity contribution in [2.24, 2.45) is 0 Å². The van der Waals surface area contributed by atoms with Crippen molar-refractivity contribution in [3.05, 3.63) is 237 Å². The van der Waals surface area contributed by atoms with E-state index in [1.807, 2.05) is 0 Å². The first kappa shape index (κ1) is 34.5. The second-order valence-corrected chi connectivity index (χ2v) is 15.3. The first-order valence-electron chi connectivity index (χ1n) is 20.3. The fourth-order valence-corrected chi connectivity index (χ4v) is 8.83. The first-order chi connectivity index (χ1) is 29.2. The lowest BCUT2D eigenvalue weighted by Crippen LogP contribution is -2.09. The third kappa shape index (κ3) is 6.40. The van der Waals surface area contributed by atoms with E-state index in [0.29, 0.717) is 0 Å². The molecule has 0 aromatic heterocycles. The van der Waals surface area contributed by atoms with E-state index in [0.717, 1.165) is 17.1 Å². The smallest absolute Gasteiger partial charge is 0.0462 e. The SMILES string of the molecule is c1ccc(-c2ccccc2-c2ccc(N(c3ccc(-c4ccc5c(ccc6ccccc65)c4)cc3)c3ccc(-c4ccc5c(ccc6ccccc65)c4)cc3)cc2)cc1. The number of fused-ring (bicyclic) bond motifs is 6. The van der Waals surface area contributed by atoms with Gasteiger partial charge in [0.25, 0.3) is 0 Å². The van der Waals surface area contributed by atoms with E-state index in [-0.39, 0.29) is 0 Å². The van der Waals surface area contributed by atoms with Gasteiger partial charge in [-0.25, -0.2) is 0 Å². The summed E-state index contributed by atoms with van der Waals surface area (Å²) in [5.41, 5.74) is 12.9. The average Bonchev–Trinajstić information content (AvgIpc) is 3.32. The van der Waals surface area contributed by atoms with Crippen molar-refractivity contribution in [1.29, 1.82) is 0 Å². The Bertz CT molecular complexity index is 3130. The maximum atomic E-state index is 2.36. The molecule has 11 rings (SSSR count). The van der Waals surface area contributed by atoms with Gasteiger partial charge in [0.15, 0.2) is 0 Å². The van der Waals surface area contributed by atoms with E-state index in [1.54, 1.807) is 0 Å². The molecule has 1 heteroatoms. The fraction of sp³-hybridized carbons (Fsp3) is 0. The molecule has 0 radical (unpaired) electrons. The van der Waals surface area contributed by atoms with Crippen LogP contribution >= 0.6 is 0 Å². The quantitative estimate of drug-likeness (QED) is 0.147.